The summed E-state index contributed by atoms with van der Waals surface area (Å²) >= 11 is 0. The molecule has 2 rings (SSSR count). The van der Waals surface area contributed by atoms with Crippen molar-refractivity contribution in [2.45, 2.75) is 32.6 Å². The van der Waals surface area contributed by atoms with Crippen LogP contribution in [0.25, 0.3) is 0 Å². The molecule has 16 heavy (non-hydrogen) atoms. The van der Waals surface area contributed by atoms with Gasteiger partial charge in [0.05, 0.1) is 6.61 Å². The minimum Gasteiger partial charge on any atom is -0.381 e. The zero-order valence-electron chi connectivity index (χ0n) is 10.5. The number of rotatable bonds is 5. The normalized spacial score (nSPS) is 32.1. The van der Waals surface area contributed by atoms with Gasteiger partial charge in [0.1, 0.15) is 0 Å². The van der Waals surface area contributed by atoms with Crippen molar-refractivity contribution in [3.05, 3.63) is 0 Å². The molecular formula is C13H25NO2. The van der Waals surface area contributed by atoms with Gasteiger partial charge in [0.2, 0.25) is 0 Å². The van der Waals surface area contributed by atoms with E-state index in [1.54, 1.807) is 0 Å². The van der Waals surface area contributed by atoms with E-state index in [2.05, 4.69) is 12.2 Å². The maximum atomic E-state index is 5.63. The lowest BCUT2D eigenvalue weighted by Gasteiger charge is -2.33. The fourth-order valence-electron chi connectivity index (χ4n) is 2.98. The molecule has 2 fully saturated rings. The Kier molecular flexibility index (Phi) is 4.62. The molecule has 94 valence electrons. The van der Waals surface area contributed by atoms with E-state index < -0.39 is 0 Å². The first-order valence-electron chi connectivity index (χ1n) is 6.71. The predicted molar refractivity (Wildman–Crippen MR) is 64.6 cm³/mol. The van der Waals surface area contributed by atoms with Crippen LogP contribution in [0.1, 0.15) is 32.6 Å². The molecule has 0 radical (unpaired) electrons. The van der Waals surface area contributed by atoms with E-state index in [-0.39, 0.29) is 0 Å². The molecule has 0 spiro atoms. The van der Waals surface area contributed by atoms with Gasteiger partial charge in [-0.1, -0.05) is 6.92 Å². The van der Waals surface area contributed by atoms with Gasteiger partial charge >= 0.3 is 0 Å². The van der Waals surface area contributed by atoms with Crippen molar-refractivity contribution in [2.75, 3.05) is 39.5 Å². The minimum absolute atomic E-state index is 0.415. The predicted octanol–water partition coefficient (Wildman–Crippen LogP) is 1.82. The van der Waals surface area contributed by atoms with E-state index in [1.807, 2.05) is 0 Å². The van der Waals surface area contributed by atoms with Crippen molar-refractivity contribution < 1.29 is 9.47 Å². The van der Waals surface area contributed by atoms with Crippen LogP contribution < -0.4 is 5.32 Å². The van der Waals surface area contributed by atoms with Crippen molar-refractivity contribution in [3.63, 3.8) is 0 Å². The zero-order valence-corrected chi connectivity index (χ0v) is 10.5. The van der Waals surface area contributed by atoms with E-state index in [0.717, 1.165) is 45.4 Å². The van der Waals surface area contributed by atoms with Gasteiger partial charge in [-0.05, 0) is 38.1 Å². The molecule has 3 heteroatoms. The van der Waals surface area contributed by atoms with Gasteiger partial charge in [-0.25, -0.2) is 0 Å². The molecule has 0 aromatic heterocycles. The summed E-state index contributed by atoms with van der Waals surface area (Å²) in [5, 5.41) is 3.51. The van der Waals surface area contributed by atoms with Crippen LogP contribution in [0.4, 0.5) is 0 Å². The van der Waals surface area contributed by atoms with Crippen LogP contribution >= 0.6 is 0 Å². The second-order valence-corrected chi connectivity index (χ2v) is 5.34. The van der Waals surface area contributed by atoms with Crippen molar-refractivity contribution >= 4 is 0 Å². The van der Waals surface area contributed by atoms with Gasteiger partial charge in [0.25, 0.3) is 0 Å². The van der Waals surface area contributed by atoms with Crippen LogP contribution in [0, 0.1) is 11.3 Å². The van der Waals surface area contributed by atoms with Gasteiger partial charge in [-0.3, -0.25) is 0 Å². The molecule has 1 atom stereocenters. The topological polar surface area (TPSA) is 30.5 Å². The molecule has 1 N–H and O–H groups in total. The van der Waals surface area contributed by atoms with E-state index in [0.29, 0.717) is 5.41 Å². The monoisotopic (exact) mass is 227 g/mol. The second kappa shape index (κ2) is 5.99. The molecule has 2 aliphatic rings. The highest BCUT2D eigenvalue weighted by Gasteiger charge is 2.36. The van der Waals surface area contributed by atoms with Gasteiger partial charge in [-0.2, -0.15) is 0 Å². The summed E-state index contributed by atoms with van der Waals surface area (Å²) in [6.45, 7) is 8.20. The average Bonchev–Trinajstić information content (AvgIpc) is 2.77. The highest BCUT2D eigenvalue weighted by Crippen LogP contribution is 2.37. The fraction of sp³-hybridized carbons (Fsp3) is 1.00. The highest BCUT2D eigenvalue weighted by atomic mass is 16.5. The number of ether oxygens (including phenoxy) is 2. The Morgan fingerprint density at radius 3 is 2.62 bits per heavy atom. The summed E-state index contributed by atoms with van der Waals surface area (Å²) in [4.78, 5) is 0. The van der Waals surface area contributed by atoms with Gasteiger partial charge in [-0.15, -0.1) is 0 Å². The number of nitrogens with one attached hydrogen (secondary N) is 1. The fourth-order valence-corrected chi connectivity index (χ4v) is 2.98. The maximum absolute atomic E-state index is 5.63. The van der Waals surface area contributed by atoms with Crippen LogP contribution in [0.5, 0.6) is 0 Å². The lowest BCUT2D eigenvalue weighted by Crippen LogP contribution is -2.37. The summed E-state index contributed by atoms with van der Waals surface area (Å²) in [7, 11) is 0. The maximum Gasteiger partial charge on any atom is 0.0535 e. The highest BCUT2D eigenvalue weighted by molar-refractivity contribution is 4.88. The Morgan fingerprint density at radius 2 is 2.00 bits per heavy atom. The number of hydrogen-bond donors (Lipinski definition) is 1. The summed E-state index contributed by atoms with van der Waals surface area (Å²) < 4.78 is 11.1. The molecule has 2 saturated heterocycles. The molecule has 0 aromatic rings. The Bertz CT molecular complexity index is 196. The smallest absolute Gasteiger partial charge is 0.0535 e. The van der Waals surface area contributed by atoms with Gasteiger partial charge < -0.3 is 14.8 Å². The third-order valence-electron chi connectivity index (χ3n) is 4.00. The van der Waals surface area contributed by atoms with Crippen LogP contribution in [-0.2, 0) is 9.47 Å². The largest absolute Gasteiger partial charge is 0.381 e. The molecule has 0 saturated carbocycles. The summed E-state index contributed by atoms with van der Waals surface area (Å²) in [5.74, 6) is 0.856. The van der Waals surface area contributed by atoms with Crippen LogP contribution in [0.15, 0.2) is 0 Å². The summed E-state index contributed by atoms with van der Waals surface area (Å²) in [6, 6.07) is 0. The quantitative estimate of drug-likeness (QED) is 0.777. The lowest BCUT2D eigenvalue weighted by molar-refractivity contribution is 0.0427. The van der Waals surface area contributed by atoms with Crippen LogP contribution in [-0.4, -0.2) is 39.5 Å². The Hall–Kier alpha value is -0.120. The van der Waals surface area contributed by atoms with E-state index >= 15 is 0 Å². The third-order valence-corrected chi connectivity index (χ3v) is 4.00. The molecule has 2 heterocycles. The first-order chi connectivity index (χ1) is 7.85. The molecule has 3 nitrogen and oxygen atoms in total. The van der Waals surface area contributed by atoms with Crippen molar-refractivity contribution in [2.24, 2.45) is 11.3 Å². The molecule has 0 aliphatic carbocycles. The van der Waals surface area contributed by atoms with E-state index in [1.165, 1.54) is 25.7 Å². The summed E-state index contributed by atoms with van der Waals surface area (Å²) in [6.07, 6.45) is 5.04. The van der Waals surface area contributed by atoms with Crippen molar-refractivity contribution in [1.82, 2.24) is 5.32 Å². The molecule has 2 aliphatic heterocycles. The molecular weight excluding hydrogens is 202 g/mol. The van der Waals surface area contributed by atoms with Crippen LogP contribution in [0.2, 0.25) is 0 Å². The summed E-state index contributed by atoms with van der Waals surface area (Å²) in [5.41, 5.74) is 0.415. The first kappa shape index (κ1) is 12.3. The second-order valence-electron chi connectivity index (χ2n) is 5.34. The minimum atomic E-state index is 0.415. The molecule has 1 unspecified atom stereocenters. The first-order valence-corrected chi connectivity index (χ1v) is 6.71. The molecule has 0 bridgehead atoms. The van der Waals surface area contributed by atoms with Gasteiger partial charge in [0, 0.05) is 31.8 Å². The standard InChI is InChI=1S/C13H25NO2/c1-2-14-10-13(5-8-16-11-13)9-12-3-6-15-7-4-12/h12,14H,2-11H2,1H3. The molecule has 0 aromatic carbocycles. The Morgan fingerprint density at radius 1 is 1.19 bits per heavy atom. The van der Waals surface area contributed by atoms with E-state index in [9.17, 15) is 0 Å². The third kappa shape index (κ3) is 3.19. The van der Waals surface area contributed by atoms with E-state index in [4.69, 9.17) is 9.47 Å². The van der Waals surface area contributed by atoms with Gasteiger partial charge in [0.15, 0.2) is 0 Å². The van der Waals surface area contributed by atoms with Crippen molar-refractivity contribution in [3.8, 4) is 0 Å². The zero-order chi connectivity index (χ0) is 11.3. The lowest BCUT2D eigenvalue weighted by atomic mass is 9.76. The SMILES string of the molecule is CCNCC1(CC2CCOCC2)CCOC1. The Balaban J connectivity index is 1.85. The molecule has 0 amide bonds. The average molecular weight is 227 g/mol. The van der Waals surface area contributed by atoms with Crippen molar-refractivity contribution in [1.29, 1.82) is 0 Å². The number of hydrogen-bond acceptors (Lipinski definition) is 3. The Labute approximate surface area is 98.9 Å². The van der Waals surface area contributed by atoms with Crippen LogP contribution in [0.3, 0.4) is 0 Å².